The van der Waals surface area contributed by atoms with E-state index in [1.807, 2.05) is 0 Å². The molecule has 2 fully saturated rings. The summed E-state index contributed by atoms with van der Waals surface area (Å²) in [5, 5.41) is 3.57. The van der Waals surface area contributed by atoms with E-state index in [0.29, 0.717) is 12.1 Å². The van der Waals surface area contributed by atoms with Crippen LogP contribution in [0.5, 0.6) is 0 Å². The van der Waals surface area contributed by atoms with Crippen LogP contribution in [-0.4, -0.2) is 68.8 Å². The van der Waals surface area contributed by atoms with Gasteiger partial charge in [0.1, 0.15) is 0 Å². The van der Waals surface area contributed by atoms with Crippen molar-refractivity contribution < 1.29 is 4.74 Å². The third kappa shape index (κ3) is 3.38. The van der Waals surface area contributed by atoms with Crippen LogP contribution in [0, 0.1) is 0 Å². The molecule has 1 aromatic rings. The van der Waals surface area contributed by atoms with E-state index in [-0.39, 0.29) is 0 Å². The maximum atomic E-state index is 5.59. The first kappa shape index (κ1) is 14.0. The van der Waals surface area contributed by atoms with Crippen molar-refractivity contribution in [3.63, 3.8) is 0 Å². The lowest BCUT2D eigenvalue weighted by Crippen LogP contribution is -2.54. The Bertz CT molecular complexity index is 405. The van der Waals surface area contributed by atoms with E-state index < -0.39 is 0 Å². The highest BCUT2D eigenvalue weighted by atomic mass is 16.5. The molecule has 4 nitrogen and oxygen atoms in total. The van der Waals surface area contributed by atoms with Crippen LogP contribution < -0.4 is 5.32 Å². The van der Waals surface area contributed by atoms with E-state index in [4.69, 9.17) is 4.74 Å². The summed E-state index contributed by atoms with van der Waals surface area (Å²) in [5.41, 5.74) is 1.43. The van der Waals surface area contributed by atoms with Crippen LogP contribution in [0.15, 0.2) is 30.3 Å². The van der Waals surface area contributed by atoms with Crippen molar-refractivity contribution in [3.05, 3.63) is 35.9 Å². The molecule has 2 aliphatic heterocycles. The van der Waals surface area contributed by atoms with E-state index in [0.717, 1.165) is 45.9 Å². The molecule has 2 unspecified atom stereocenters. The fraction of sp³-hybridized carbons (Fsp3) is 0.625. The maximum Gasteiger partial charge on any atom is 0.0632 e. The molecule has 0 radical (unpaired) electrons. The highest BCUT2D eigenvalue weighted by molar-refractivity contribution is 5.20. The molecule has 2 heterocycles. The van der Waals surface area contributed by atoms with Gasteiger partial charge >= 0.3 is 0 Å². The largest absolute Gasteiger partial charge is 0.378 e. The Kier molecular flexibility index (Phi) is 4.68. The number of rotatable bonds is 3. The number of nitrogens with one attached hydrogen (secondary N) is 1. The predicted octanol–water partition coefficient (Wildman–Crippen LogP) is 0.964. The Hall–Kier alpha value is -0.940. The van der Waals surface area contributed by atoms with Crippen molar-refractivity contribution in [2.75, 3.05) is 53.0 Å². The van der Waals surface area contributed by atoms with Gasteiger partial charge < -0.3 is 15.0 Å². The van der Waals surface area contributed by atoms with Crippen LogP contribution in [0.25, 0.3) is 0 Å². The average molecular weight is 275 g/mol. The van der Waals surface area contributed by atoms with Gasteiger partial charge in [-0.05, 0) is 12.6 Å². The lowest BCUT2D eigenvalue weighted by atomic mass is 10.0. The second kappa shape index (κ2) is 6.68. The van der Waals surface area contributed by atoms with Gasteiger partial charge in [0, 0.05) is 44.8 Å². The van der Waals surface area contributed by atoms with Gasteiger partial charge in [-0.3, -0.25) is 4.90 Å². The molecule has 3 rings (SSSR count). The van der Waals surface area contributed by atoms with Crippen molar-refractivity contribution in [3.8, 4) is 0 Å². The smallest absolute Gasteiger partial charge is 0.0632 e. The topological polar surface area (TPSA) is 27.7 Å². The number of piperazine rings is 1. The molecule has 2 saturated heterocycles. The molecular formula is C16H25N3O. The van der Waals surface area contributed by atoms with Crippen molar-refractivity contribution in [1.82, 2.24) is 15.1 Å². The fourth-order valence-electron chi connectivity index (χ4n) is 3.19. The summed E-state index contributed by atoms with van der Waals surface area (Å²) in [7, 11) is 2.22. The van der Waals surface area contributed by atoms with Crippen molar-refractivity contribution in [2.45, 2.75) is 12.1 Å². The molecule has 0 saturated carbocycles. The lowest BCUT2D eigenvalue weighted by molar-refractivity contribution is 0.0332. The van der Waals surface area contributed by atoms with Gasteiger partial charge in [0.05, 0.1) is 13.2 Å². The third-order valence-corrected chi connectivity index (χ3v) is 4.33. The van der Waals surface area contributed by atoms with Gasteiger partial charge in [0.2, 0.25) is 0 Å². The molecule has 0 bridgehead atoms. The monoisotopic (exact) mass is 275 g/mol. The summed E-state index contributed by atoms with van der Waals surface area (Å²) in [5.74, 6) is 0. The van der Waals surface area contributed by atoms with Gasteiger partial charge in [-0.25, -0.2) is 0 Å². The first-order valence-corrected chi connectivity index (χ1v) is 7.61. The van der Waals surface area contributed by atoms with Crippen LogP contribution in [0.2, 0.25) is 0 Å². The highest BCUT2D eigenvalue weighted by Gasteiger charge is 2.28. The number of ether oxygens (including phenoxy) is 1. The van der Waals surface area contributed by atoms with E-state index in [9.17, 15) is 0 Å². The summed E-state index contributed by atoms with van der Waals surface area (Å²) in [6.45, 7) is 7.14. The minimum atomic E-state index is 0.471. The maximum absolute atomic E-state index is 5.59. The van der Waals surface area contributed by atoms with Crippen LogP contribution in [0.4, 0.5) is 0 Å². The van der Waals surface area contributed by atoms with Crippen molar-refractivity contribution in [1.29, 1.82) is 0 Å². The standard InChI is InChI=1S/C16H25N3O/c1-18-8-9-19(11-15-13-20-10-7-17-15)16(12-18)14-5-3-2-4-6-14/h2-6,15-17H,7-13H2,1H3. The normalized spacial score (nSPS) is 29.4. The Morgan fingerprint density at radius 3 is 2.85 bits per heavy atom. The van der Waals surface area contributed by atoms with Gasteiger partial charge in [-0.15, -0.1) is 0 Å². The Morgan fingerprint density at radius 2 is 2.10 bits per heavy atom. The van der Waals surface area contributed by atoms with Crippen LogP contribution in [-0.2, 0) is 4.74 Å². The van der Waals surface area contributed by atoms with E-state index >= 15 is 0 Å². The van der Waals surface area contributed by atoms with Crippen LogP contribution in [0.1, 0.15) is 11.6 Å². The second-order valence-electron chi connectivity index (χ2n) is 5.91. The zero-order valence-corrected chi connectivity index (χ0v) is 12.3. The van der Waals surface area contributed by atoms with Crippen molar-refractivity contribution >= 4 is 0 Å². The molecular weight excluding hydrogens is 250 g/mol. The molecule has 2 atom stereocenters. The van der Waals surface area contributed by atoms with E-state index in [2.05, 4.69) is 52.5 Å². The molecule has 0 aliphatic carbocycles. The number of benzene rings is 1. The number of hydrogen-bond acceptors (Lipinski definition) is 4. The van der Waals surface area contributed by atoms with Gasteiger partial charge in [0.15, 0.2) is 0 Å². The third-order valence-electron chi connectivity index (χ3n) is 4.33. The van der Waals surface area contributed by atoms with Crippen LogP contribution >= 0.6 is 0 Å². The molecule has 110 valence electrons. The first-order valence-electron chi connectivity index (χ1n) is 7.61. The van der Waals surface area contributed by atoms with Gasteiger partial charge in [0.25, 0.3) is 0 Å². The predicted molar refractivity (Wildman–Crippen MR) is 80.9 cm³/mol. The molecule has 0 aromatic heterocycles. The fourth-order valence-corrected chi connectivity index (χ4v) is 3.19. The van der Waals surface area contributed by atoms with Crippen LogP contribution in [0.3, 0.4) is 0 Å². The molecule has 2 aliphatic rings. The summed E-state index contributed by atoms with van der Waals surface area (Å²) < 4.78 is 5.59. The van der Waals surface area contributed by atoms with Gasteiger partial charge in [-0.2, -0.15) is 0 Å². The number of morpholine rings is 1. The first-order chi connectivity index (χ1) is 9.83. The minimum absolute atomic E-state index is 0.471. The zero-order chi connectivity index (χ0) is 13.8. The summed E-state index contributed by atoms with van der Waals surface area (Å²) in [6, 6.07) is 11.9. The summed E-state index contributed by atoms with van der Waals surface area (Å²) in [6.07, 6.45) is 0. The summed E-state index contributed by atoms with van der Waals surface area (Å²) in [4.78, 5) is 5.04. The molecule has 4 heteroatoms. The quantitative estimate of drug-likeness (QED) is 0.889. The highest BCUT2D eigenvalue weighted by Crippen LogP contribution is 2.24. The van der Waals surface area contributed by atoms with E-state index in [1.165, 1.54) is 5.56 Å². The molecule has 1 aromatic carbocycles. The molecule has 0 amide bonds. The lowest BCUT2D eigenvalue weighted by Gasteiger charge is -2.42. The Morgan fingerprint density at radius 1 is 1.25 bits per heavy atom. The zero-order valence-electron chi connectivity index (χ0n) is 12.3. The Labute approximate surface area is 121 Å². The molecule has 20 heavy (non-hydrogen) atoms. The number of hydrogen-bond donors (Lipinski definition) is 1. The minimum Gasteiger partial charge on any atom is -0.378 e. The Balaban J connectivity index is 1.69. The van der Waals surface area contributed by atoms with Crippen molar-refractivity contribution in [2.24, 2.45) is 0 Å². The average Bonchev–Trinajstić information content (AvgIpc) is 2.51. The number of likely N-dealkylation sites (N-methyl/N-ethyl adjacent to an activating group) is 1. The second-order valence-corrected chi connectivity index (χ2v) is 5.91. The summed E-state index contributed by atoms with van der Waals surface area (Å²) >= 11 is 0. The number of nitrogens with zero attached hydrogens (tertiary/aromatic N) is 2. The van der Waals surface area contributed by atoms with E-state index in [1.54, 1.807) is 0 Å². The molecule has 0 spiro atoms. The van der Waals surface area contributed by atoms with Gasteiger partial charge in [-0.1, -0.05) is 30.3 Å². The molecule has 1 N–H and O–H groups in total. The SMILES string of the molecule is CN1CCN(CC2COCCN2)C(c2ccccc2)C1.